The monoisotopic (exact) mass is 460 g/mol. The summed E-state index contributed by atoms with van der Waals surface area (Å²) in [7, 11) is 0. The van der Waals surface area contributed by atoms with Crippen LogP contribution in [0.1, 0.15) is 59.8 Å². The Kier molecular flexibility index (Phi) is 6.25. The number of furan rings is 1. The molecule has 1 unspecified atom stereocenters. The molecule has 34 heavy (non-hydrogen) atoms. The second kappa shape index (κ2) is 9.63. The highest BCUT2D eigenvalue weighted by atomic mass is 16.7. The second-order valence-electron chi connectivity index (χ2n) is 8.85. The van der Waals surface area contributed by atoms with E-state index in [0.29, 0.717) is 17.2 Å². The molecule has 0 spiro atoms. The molecular weight excluding hydrogens is 432 g/mol. The number of hydrogen-bond donors (Lipinski definition) is 1. The fraction of sp³-hybridized carbons (Fsp3) is 0.333. The average molecular weight is 461 g/mol. The van der Waals surface area contributed by atoms with Crippen molar-refractivity contribution in [2.45, 2.75) is 51.1 Å². The van der Waals surface area contributed by atoms with Crippen molar-refractivity contribution in [1.82, 2.24) is 5.32 Å². The maximum absolute atomic E-state index is 13.8. The molecule has 1 fully saturated rings. The van der Waals surface area contributed by atoms with E-state index in [0.717, 1.165) is 36.8 Å². The third-order valence-electron chi connectivity index (χ3n) is 6.44. The van der Waals surface area contributed by atoms with E-state index < -0.39 is 11.9 Å². The third kappa shape index (κ3) is 4.51. The fourth-order valence-electron chi connectivity index (χ4n) is 4.63. The molecule has 2 aliphatic rings. The van der Waals surface area contributed by atoms with Gasteiger partial charge in [0.1, 0.15) is 6.04 Å². The van der Waals surface area contributed by atoms with E-state index in [-0.39, 0.29) is 24.5 Å². The number of aryl methyl sites for hydroxylation is 1. The summed E-state index contributed by atoms with van der Waals surface area (Å²) in [5.74, 6) is 0.666. The summed E-state index contributed by atoms with van der Waals surface area (Å²) >= 11 is 0. The Morgan fingerprint density at radius 2 is 1.74 bits per heavy atom. The third-order valence-corrected chi connectivity index (χ3v) is 6.44. The highest BCUT2D eigenvalue weighted by Crippen LogP contribution is 2.39. The molecule has 1 aromatic heterocycles. The molecule has 7 heteroatoms. The van der Waals surface area contributed by atoms with Crippen LogP contribution in [0, 0.1) is 6.92 Å². The van der Waals surface area contributed by atoms with Crippen molar-refractivity contribution in [3.8, 4) is 11.5 Å². The van der Waals surface area contributed by atoms with Crippen molar-refractivity contribution in [1.29, 1.82) is 0 Å². The number of carbonyl (C=O) groups is 2. The van der Waals surface area contributed by atoms with E-state index in [9.17, 15) is 9.59 Å². The molecule has 1 aliphatic carbocycles. The minimum absolute atomic E-state index is 0.103. The number of carbonyl (C=O) groups excluding carboxylic acids is 2. The minimum Gasteiger partial charge on any atom is -0.459 e. The van der Waals surface area contributed by atoms with E-state index in [2.05, 4.69) is 5.32 Å². The minimum atomic E-state index is -0.888. The summed E-state index contributed by atoms with van der Waals surface area (Å²) in [6.45, 7) is 2.11. The molecule has 3 aromatic rings. The van der Waals surface area contributed by atoms with Crippen molar-refractivity contribution in [3.05, 3.63) is 77.7 Å². The van der Waals surface area contributed by atoms with Gasteiger partial charge in [-0.05, 0) is 49.6 Å². The molecular formula is C27H28N2O5. The summed E-state index contributed by atoms with van der Waals surface area (Å²) in [6.07, 6.45) is 6.72. The number of anilines is 1. The first-order valence-electron chi connectivity index (χ1n) is 11.7. The highest BCUT2D eigenvalue weighted by molar-refractivity contribution is 6.08. The number of hydrogen-bond acceptors (Lipinski definition) is 5. The van der Waals surface area contributed by atoms with Gasteiger partial charge in [-0.1, -0.05) is 49.1 Å². The SMILES string of the molecule is Cc1ccc(C(C(=O)NC2CCCCC2)N(C(=O)c2ccco2)c2ccc3c(c2)OCO3)cc1. The Morgan fingerprint density at radius 3 is 2.47 bits per heavy atom. The van der Waals surface area contributed by atoms with Gasteiger partial charge in [0.15, 0.2) is 17.3 Å². The lowest BCUT2D eigenvalue weighted by Gasteiger charge is -2.33. The van der Waals surface area contributed by atoms with Crippen LogP contribution in [0.3, 0.4) is 0 Å². The van der Waals surface area contributed by atoms with Gasteiger partial charge in [0.2, 0.25) is 12.7 Å². The van der Waals surface area contributed by atoms with Crippen molar-refractivity contribution < 1.29 is 23.5 Å². The highest BCUT2D eigenvalue weighted by Gasteiger charge is 2.36. The number of rotatable bonds is 6. The molecule has 2 heterocycles. The van der Waals surface area contributed by atoms with Crippen LogP contribution >= 0.6 is 0 Å². The molecule has 1 saturated carbocycles. The Bertz CT molecular complexity index is 1150. The van der Waals surface area contributed by atoms with Gasteiger partial charge < -0.3 is 19.2 Å². The number of benzene rings is 2. The number of fused-ring (bicyclic) bond motifs is 1. The van der Waals surface area contributed by atoms with Gasteiger partial charge in [-0.25, -0.2) is 0 Å². The van der Waals surface area contributed by atoms with Gasteiger partial charge >= 0.3 is 0 Å². The summed E-state index contributed by atoms with van der Waals surface area (Å²) in [4.78, 5) is 29.1. The second-order valence-corrected chi connectivity index (χ2v) is 8.85. The molecule has 2 aromatic carbocycles. The van der Waals surface area contributed by atoms with Gasteiger partial charge in [0.05, 0.1) is 6.26 Å². The van der Waals surface area contributed by atoms with Gasteiger partial charge in [0.25, 0.3) is 5.91 Å². The quantitative estimate of drug-likeness (QED) is 0.550. The number of amides is 2. The summed E-state index contributed by atoms with van der Waals surface area (Å²) < 4.78 is 16.5. The van der Waals surface area contributed by atoms with Crippen LogP contribution in [0.15, 0.2) is 65.3 Å². The van der Waals surface area contributed by atoms with Crippen LogP contribution in [0.2, 0.25) is 0 Å². The molecule has 1 atom stereocenters. The maximum atomic E-state index is 13.8. The predicted octanol–water partition coefficient (Wildman–Crippen LogP) is 5.15. The summed E-state index contributed by atoms with van der Waals surface area (Å²) in [6, 6.07) is 15.4. The summed E-state index contributed by atoms with van der Waals surface area (Å²) in [5.41, 5.74) is 2.31. The van der Waals surface area contributed by atoms with Crippen molar-refractivity contribution >= 4 is 17.5 Å². The van der Waals surface area contributed by atoms with Gasteiger partial charge in [0, 0.05) is 17.8 Å². The molecule has 0 saturated heterocycles. The van der Waals surface area contributed by atoms with Crippen molar-refractivity contribution in [3.63, 3.8) is 0 Å². The van der Waals surface area contributed by atoms with Crippen LogP contribution in [0.25, 0.3) is 0 Å². The smallest absolute Gasteiger partial charge is 0.294 e. The Labute approximate surface area is 198 Å². The first-order chi connectivity index (χ1) is 16.6. The topological polar surface area (TPSA) is 81.0 Å². The summed E-state index contributed by atoms with van der Waals surface area (Å²) in [5, 5.41) is 3.22. The standard InChI is InChI=1S/C27H28N2O5/c1-18-9-11-19(12-10-18)25(26(30)28-20-6-3-2-4-7-20)29(27(31)23-8-5-15-32-23)21-13-14-22-24(16-21)34-17-33-22/h5,8-16,20,25H,2-4,6-7,17H2,1H3,(H,28,30). The Morgan fingerprint density at radius 1 is 0.971 bits per heavy atom. The van der Waals surface area contributed by atoms with E-state index in [1.54, 1.807) is 30.3 Å². The zero-order valence-corrected chi connectivity index (χ0v) is 19.2. The zero-order valence-electron chi connectivity index (χ0n) is 19.2. The molecule has 0 bridgehead atoms. The number of ether oxygens (including phenoxy) is 2. The van der Waals surface area contributed by atoms with E-state index in [1.807, 2.05) is 31.2 Å². The zero-order chi connectivity index (χ0) is 23.5. The van der Waals surface area contributed by atoms with E-state index in [1.165, 1.54) is 17.6 Å². The van der Waals surface area contributed by atoms with Crippen LogP contribution in [-0.2, 0) is 4.79 Å². The molecule has 1 N–H and O–H groups in total. The fourth-order valence-corrected chi connectivity index (χ4v) is 4.63. The largest absolute Gasteiger partial charge is 0.459 e. The van der Waals surface area contributed by atoms with Crippen LogP contribution in [0.5, 0.6) is 11.5 Å². The lowest BCUT2D eigenvalue weighted by atomic mass is 9.94. The van der Waals surface area contributed by atoms with Crippen molar-refractivity contribution in [2.75, 3.05) is 11.7 Å². The first-order valence-corrected chi connectivity index (χ1v) is 11.7. The lowest BCUT2D eigenvalue weighted by molar-refractivity contribution is -0.123. The maximum Gasteiger partial charge on any atom is 0.294 e. The van der Waals surface area contributed by atoms with Crippen LogP contribution < -0.4 is 19.7 Å². The van der Waals surface area contributed by atoms with Crippen LogP contribution in [0.4, 0.5) is 5.69 Å². The number of nitrogens with one attached hydrogen (secondary N) is 1. The molecule has 0 radical (unpaired) electrons. The van der Waals surface area contributed by atoms with Gasteiger partial charge in [-0.3, -0.25) is 14.5 Å². The molecule has 1 aliphatic heterocycles. The lowest BCUT2D eigenvalue weighted by Crippen LogP contribution is -2.47. The normalized spacial score (nSPS) is 16.1. The first kappa shape index (κ1) is 22.1. The molecule has 5 rings (SSSR count). The molecule has 176 valence electrons. The van der Waals surface area contributed by atoms with E-state index >= 15 is 0 Å². The average Bonchev–Trinajstić information content (AvgIpc) is 3.55. The van der Waals surface area contributed by atoms with Gasteiger partial charge in [-0.2, -0.15) is 0 Å². The molecule has 7 nitrogen and oxygen atoms in total. The number of nitrogens with zero attached hydrogens (tertiary/aromatic N) is 1. The Hall–Kier alpha value is -3.74. The predicted molar refractivity (Wildman–Crippen MR) is 127 cm³/mol. The van der Waals surface area contributed by atoms with Crippen molar-refractivity contribution in [2.24, 2.45) is 0 Å². The van der Waals surface area contributed by atoms with E-state index in [4.69, 9.17) is 13.9 Å². The molecule has 2 amide bonds. The van der Waals surface area contributed by atoms with Gasteiger partial charge in [-0.15, -0.1) is 0 Å². The Balaban J connectivity index is 1.58. The van der Waals surface area contributed by atoms with Crippen LogP contribution in [-0.4, -0.2) is 24.6 Å².